The van der Waals surface area contributed by atoms with Gasteiger partial charge in [0.25, 0.3) is 0 Å². The Morgan fingerprint density at radius 2 is 0.824 bits per heavy atom. The van der Waals surface area contributed by atoms with Crippen molar-refractivity contribution in [3.63, 3.8) is 0 Å². The van der Waals surface area contributed by atoms with Gasteiger partial charge in [0.05, 0.1) is 0 Å². The largest absolute Gasteiger partial charge is 0.0717 e. The molecule has 0 unspecified atom stereocenters. The molecule has 0 saturated heterocycles. The van der Waals surface area contributed by atoms with Crippen molar-refractivity contribution in [3.8, 4) is 0 Å². The smallest absolute Gasteiger partial charge is 0.0383 e. The average Bonchev–Trinajstić information content (AvgIpc) is 2.93. The molecule has 2 aliphatic carbocycles. The molecule has 0 nitrogen and oxygen atoms in total. The fourth-order valence-corrected chi connectivity index (χ4v) is 3.53. The predicted octanol–water partition coefficient (Wildman–Crippen LogP) is 2.83. The zero-order chi connectivity index (χ0) is 12.0. The van der Waals surface area contributed by atoms with E-state index in [1.807, 2.05) is 0 Å². The zero-order valence-corrected chi connectivity index (χ0v) is 14.5. The summed E-state index contributed by atoms with van der Waals surface area (Å²) in [6.07, 6.45) is 17.3. The van der Waals surface area contributed by atoms with Crippen LogP contribution in [0.1, 0.15) is 0 Å². The first-order valence-electron chi connectivity index (χ1n) is 6.04. The van der Waals surface area contributed by atoms with Crippen LogP contribution in [0.25, 0.3) is 0 Å². The predicted molar refractivity (Wildman–Crippen MR) is 78.6 cm³/mol. The summed E-state index contributed by atoms with van der Waals surface area (Å²) < 4.78 is 0. The molecule has 0 aromatic rings. The van der Waals surface area contributed by atoms with E-state index >= 15 is 0 Å². The van der Waals surface area contributed by atoms with Gasteiger partial charge < -0.3 is 0 Å². The molecular formula is C14H22FeSi2. The van der Waals surface area contributed by atoms with Crippen LogP contribution >= 0.6 is 0 Å². The van der Waals surface area contributed by atoms with Gasteiger partial charge in [-0.15, -0.1) is 0 Å². The second-order valence-corrected chi connectivity index (χ2v) is 10.7. The van der Waals surface area contributed by atoms with E-state index in [1.54, 1.807) is 11.1 Å². The van der Waals surface area contributed by atoms with Crippen LogP contribution in [-0.4, -0.2) is 17.6 Å². The van der Waals surface area contributed by atoms with Crippen LogP contribution in [-0.2, 0) is 17.1 Å². The summed E-state index contributed by atoms with van der Waals surface area (Å²) in [4.78, 5) is 0. The molecule has 0 spiro atoms. The van der Waals surface area contributed by atoms with Gasteiger partial charge in [0.15, 0.2) is 0 Å². The van der Waals surface area contributed by atoms with Crippen molar-refractivity contribution in [2.24, 2.45) is 0 Å². The second-order valence-electron chi connectivity index (χ2n) is 4.75. The van der Waals surface area contributed by atoms with Crippen molar-refractivity contribution in [2.75, 3.05) is 0 Å². The molecule has 2 rings (SSSR count). The first-order chi connectivity index (χ1) is 7.61. The molecule has 2 aliphatic rings. The molecule has 0 aromatic carbocycles. The SMILES string of the molecule is C[SiH](C)[C]1[CH][CH][CH][CH]1.C[SiH](C)[C]1[CH][CH][CH][CH]1.[Fe]. The van der Waals surface area contributed by atoms with Gasteiger partial charge >= 0.3 is 0 Å². The molecule has 17 heavy (non-hydrogen) atoms. The van der Waals surface area contributed by atoms with Gasteiger partial charge in [0.1, 0.15) is 0 Å². The van der Waals surface area contributed by atoms with E-state index in [4.69, 9.17) is 0 Å². The van der Waals surface area contributed by atoms with Crippen LogP contribution in [0.5, 0.6) is 0 Å². The molecule has 2 saturated carbocycles. The Kier molecular flexibility index (Phi) is 10.4. The van der Waals surface area contributed by atoms with E-state index in [1.165, 1.54) is 0 Å². The van der Waals surface area contributed by atoms with E-state index in [0.717, 1.165) is 0 Å². The third-order valence-electron chi connectivity index (χ3n) is 2.71. The van der Waals surface area contributed by atoms with Crippen LogP contribution in [0.2, 0.25) is 26.2 Å². The maximum absolute atomic E-state index is 2.34. The van der Waals surface area contributed by atoms with Crippen molar-refractivity contribution in [1.82, 2.24) is 0 Å². The summed E-state index contributed by atoms with van der Waals surface area (Å²) in [5, 5.41) is 0. The maximum atomic E-state index is 2.34. The third-order valence-corrected chi connectivity index (χ3v) is 6.15. The molecular weight excluding hydrogens is 280 g/mol. The summed E-state index contributed by atoms with van der Waals surface area (Å²) in [5.41, 5.74) is 3.15. The van der Waals surface area contributed by atoms with Crippen molar-refractivity contribution < 1.29 is 17.1 Å². The summed E-state index contributed by atoms with van der Waals surface area (Å²) in [7, 11) is -0.960. The van der Waals surface area contributed by atoms with Gasteiger partial charge in [0, 0.05) is 34.7 Å². The topological polar surface area (TPSA) is 0 Å². The first kappa shape index (κ1) is 18.0. The minimum absolute atomic E-state index is 0. The van der Waals surface area contributed by atoms with Crippen molar-refractivity contribution in [1.29, 1.82) is 0 Å². The Bertz CT molecular complexity index is 151. The summed E-state index contributed by atoms with van der Waals surface area (Å²) >= 11 is 0. The minimum atomic E-state index is -0.480. The Morgan fingerprint density at radius 3 is 0.941 bits per heavy atom. The Morgan fingerprint density at radius 1 is 0.588 bits per heavy atom. The molecule has 3 heteroatoms. The first-order valence-corrected chi connectivity index (χ1v) is 11.8. The molecule has 2 fully saturated rings. The monoisotopic (exact) mass is 302 g/mol. The Labute approximate surface area is 123 Å². The summed E-state index contributed by atoms with van der Waals surface area (Å²) in [5.74, 6) is 0. The molecule has 0 bridgehead atoms. The van der Waals surface area contributed by atoms with Crippen LogP contribution in [0, 0.1) is 62.4 Å². The molecule has 94 valence electrons. The second kappa shape index (κ2) is 9.83. The standard InChI is InChI=1S/2C7H11Si.Fe/c2*1-8(2)7-5-3-4-6-7;/h2*3-6,8H,1-2H3;. The van der Waals surface area contributed by atoms with Crippen molar-refractivity contribution in [2.45, 2.75) is 26.2 Å². The molecule has 0 amide bonds. The quantitative estimate of drug-likeness (QED) is 0.688. The molecule has 0 atom stereocenters. The van der Waals surface area contributed by atoms with Gasteiger partial charge in [0.2, 0.25) is 0 Å². The van der Waals surface area contributed by atoms with Crippen LogP contribution in [0.3, 0.4) is 0 Å². The van der Waals surface area contributed by atoms with Gasteiger partial charge in [-0.1, -0.05) is 26.2 Å². The third kappa shape index (κ3) is 7.20. The average molecular weight is 302 g/mol. The van der Waals surface area contributed by atoms with E-state index in [9.17, 15) is 0 Å². The van der Waals surface area contributed by atoms with E-state index in [2.05, 4.69) is 77.6 Å². The molecule has 0 N–H and O–H groups in total. The van der Waals surface area contributed by atoms with E-state index in [0.29, 0.717) is 0 Å². The fourth-order valence-electron chi connectivity index (χ4n) is 1.55. The van der Waals surface area contributed by atoms with Gasteiger partial charge in [-0.2, -0.15) is 0 Å². The van der Waals surface area contributed by atoms with Crippen molar-refractivity contribution in [3.05, 3.63) is 62.4 Å². The van der Waals surface area contributed by atoms with Gasteiger partial charge in [-0.3, -0.25) is 0 Å². The van der Waals surface area contributed by atoms with E-state index < -0.39 is 17.6 Å². The number of rotatable bonds is 2. The Hall–Kier alpha value is 0.953. The summed E-state index contributed by atoms with van der Waals surface area (Å²) in [6, 6.07) is 0. The van der Waals surface area contributed by atoms with Gasteiger partial charge in [-0.05, 0) is 62.4 Å². The summed E-state index contributed by atoms with van der Waals surface area (Å²) in [6.45, 7) is 9.37. The van der Waals surface area contributed by atoms with Crippen LogP contribution < -0.4 is 0 Å². The Balaban J connectivity index is 0.000000284. The fraction of sp³-hybridized carbons (Fsp3) is 0.286. The molecule has 0 aliphatic heterocycles. The molecule has 0 aromatic heterocycles. The van der Waals surface area contributed by atoms with Crippen molar-refractivity contribution >= 4 is 17.6 Å². The normalized spacial score (nSPS) is 21.5. The number of hydrogen-bond acceptors (Lipinski definition) is 0. The number of hydrogen-bond donors (Lipinski definition) is 0. The van der Waals surface area contributed by atoms with Crippen LogP contribution in [0.4, 0.5) is 0 Å². The minimum Gasteiger partial charge on any atom is -0.0717 e. The van der Waals surface area contributed by atoms with Gasteiger partial charge in [-0.25, -0.2) is 0 Å². The maximum Gasteiger partial charge on any atom is 0.0383 e. The zero-order valence-electron chi connectivity index (χ0n) is 11.1. The van der Waals surface area contributed by atoms with E-state index in [-0.39, 0.29) is 17.1 Å². The molecule has 0 heterocycles. The molecule has 10 radical (unpaired) electrons. The van der Waals surface area contributed by atoms with Crippen LogP contribution in [0.15, 0.2) is 0 Å².